The van der Waals surface area contributed by atoms with Crippen LogP contribution in [0, 0.1) is 25.2 Å². The molecule has 0 aromatic heterocycles. The van der Waals surface area contributed by atoms with Crippen molar-refractivity contribution in [2.45, 2.75) is 13.8 Å². The molecule has 0 spiro atoms. The van der Waals surface area contributed by atoms with E-state index in [1.807, 2.05) is 32.0 Å². The number of carbonyl (C=O) groups is 2. The summed E-state index contributed by atoms with van der Waals surface area (Å²) < 4.78 is 9.75. The van der Waals surface area contributed by atoms with E-state index in [4.69, 9.17) is 14.7 Å². The number of esters is 2. The van der Waals surface area contributed by atoms with E-state index in [1.165, 1.54) is 26.4 Å². The minimum absolute atomic E-state index is 0.0702. The quantitative estimate of drug-likeness (QED) is 0.602. The summed E-state index contributed by atoms with van der Waals surface area (Å²) in [6.45, 7) is 3.79. The van der Waals surface area contributed by atoms with Crippen molar-refractivity contribution in [2.24, 2.45) is 0 Å². The van der Waals surface area contributed by atoms with Crippen LogP contribution in [0.25, 0.3) is 6.08 Å². The fourth-order valence-corrected chi connectivity index (χ4v) is 2.94. The lowest BCUT2D eigenvalue weighted by atomic mass is 10.0. The Bertz CT molecular complexity index is 907. The predicted molar refractivity (Wildman–Crippen MR) is 102 cm³/mol. The summed E-state index contributed by atoms with van der Waals surface area (Å²) in [7, 11) is 2.52. The molecule has 0 unspecified atom stereocenters. The molecule has 0 N–H and O–H groups in total. The topological polar surface area (TPSA) is 79.6 Å². The molecule has 0 bridgehead atoms. The molecular weight excluding hydrogens is 344 g/mol. The number of methoxy groups -OCH3 is 2. The van der Waals surface area contributed by atoms with E-state index < -0.39 is 11.9 Å². The second-order valence-electron chi connectivity index (χ2n) is 5.78. The van der Waals surface area contributed by atoms with E-state index in [9.17, 15) is 9.59 Å². The maximum atomic E-state index is 12.5. The zero-order chi connectivity index (χ0) is 20.0. The Morgan fingerprint density at radius 1 is 1.07 bits per heavy atom. The molecule has 0 aliphatic carbocycles. The number of anilines is 1. The molecule has 138 valence electrons. The van der Waals surface area contributed by atoms with Crippen LogP contribution in [-0.4, -0.2) is 26.2 Å². The molecule has 2 rings (SSSR count). The molecule has 0 fully saturated rings. The van der Waals surface area contributed by atoms with E-state index in [-0.39, 0.29) is 11.3 Å². The number of nitriles is 1. The van der Waals surface area contributed by atoms with Gasteiger partial charge in [-0.05, 0) is 60.9 Å². The molecule has 1 aliphatic rings. The third kappa shape index (κ3) is 4.15. The number of nitrogens with zero attached hydrogens (tertiary/aromatic N) is 2. The van der Waals surface area contributed by atoms with Gasteiger partial charge in [0.05, 0.1) is 31.5 Å². The Morgan fingerprint density at radius 3 is 2.26 bits per heavy atom. The van der Waals surface area contributed by atoms with E-state index in [1.54, 1.807) is 29.3 Å². The van der Waals surface area contributed by atoms with Gasteiger partial charge in [-0.3, -0.25) is 0 Å². The Labute approximate surface area is 158 Å². The number of carbonyl (C=O) groups excluding carboxylic acids is 2. The normalized spacial score (nSPS) is 13.5. The molecule has 0 radical (unpaired) electrons. The minimum atomic E-state index is -0.654. The van der Waals surface area contributed by atoms with Gasteiger partial charge in [-0.25, -0.2) is 9.59 Å². The van der Waals surface area contributed by atoms with Gasteiger partial charge in [0.15, 0.2) is 0 Å². The zero-order valence-electron chi connectivity index (χ0n) is 15.6. The first-order valence-corrected chi connectivity index (χ1v) is 8.17. The number of benzene rings is 1. The van der Waals surface area contributed by atoms with Crippen molar-refractivity contribution in [3.05, 3.63) is 70.6 Å². The van der Waals surface area contributed by atoms with Crippen LogP contribution < -0.4 is 4.90 Å². The van der Waals surface area contributed by atoms with Gasteiger partial charge in [-0.1, -0.05) is 6.08 Å². The highest BCUT2D eigenvalue weighted by molar-refractivity contribution is 6.05. The number of aryl methyl sites for hydroxylation is 2. The predicted octanol–water partition coefficient (Wildman–Crippen LogP) is 3.33. The van der Waals surface area contributed by atoms with Gasteiger partial charge in [0.25, 0.3) is 0 Å². The second-order valence-corrected chi connectivity index (χ2v) is 5.78. The van der Waals surface area contributed by atoms with Crippen molar-refractivity contribution in [1.82, 2.24) is 0 Å². The highest BCUT2D eigenvalue weighted by Crippen LogP contribution is 2.33. The number of ether oxygens (including phenoxy) is 2. The summed E-state index contributed by atoms with van der Waals surface area (Å²) in [5.41, 5.74) is 3.51. The van der Waals surface area contributed by atoms with Crippen molar-refractivity contribution in [1.29, 1.82) is 5.26 Å². The smallest absolute Gasteiger partial charge is 0.355 e. The SMILES string of the molecule is COC(=O)C1=C(C(=O)OC)N(c2c(C)cc(C=CC#N)cc2C)C=CC=C1. The molecule has 1 aromatic rings. The summed E-state index contributed by atoms with van der Waals surface area (Å²) in [5, 5.41) is 8.72. The molecule has 1 aromatic carbocycles. The monoisotopic (exact) mass is 364 g/mol. The first-order chi connectivity index (χ1) is 12.9. The van der Waals surface area contributed by atoms with Crippen LogP contribution >= 0.6 is 0 Å². The van der Waals surface area contributed by atoms with Gasteiger partial charge in [-0.15, -0.1) is 0 Å². The summed E-state index contributed by atoms with van der Waals surface area (Å²) >= 11 is 0. The van der Waals surface area contributed by atoms with Crippen LogP contribution in [0.2, 0.25) is 0 Å². The molecule has 0 saturated carbocycles. The lowest BCUT2D eigenvalue weighted by molar-refractivity contribution is -0.139. The summed E-state index contributed by atoms with van der Waals surface area (Å²) in [6, 6.07) is 5.76. The van der Waals surface area contributed by atoms with Gasteiger partial charge >= 0.3 is 11.9 Å². The fraction of sp³-hybridized carbons (Fsp3) is 0.190. The van der Waals surface area contributed by atoms with Crippen molar-refractivity contribution in [2.75, 3.05) is 19.1 Å². The van der Waals surface area contributed by atoms with Crippen LogP contribution in [0.3, 0.4) is 0 Å². The lowest BCUT2D eigenvalue weighted by Gasteiger charge is -2.26. The highest BCUT2D eigenvalue weighted by Gasteiger charge is 2.28. The molecule has 0 atom stereocenters. The molecular formula is C21H20N2O4. The van der Waals surface area contributed by atoms with Gasteiger partial charge in [0, 0.05) is 12.3 Å². The van der Waals surface area contributed by atoms with Gasteiger partial charge in [0.2, 0.25) is 0 Å². The van der Waals surface area contributed by atoms with Gasteiger partial charge in [0.1, 0.15) is 5.70 Å². The lowest BCUT2D eigenvalue weighted by Crippen LogP contribution is -2.28. The van der Waals surface area contributed by atoms with Crippen molar-refractivity contribution < 1.29 is 19.1 Å². The van der Waals surface area contributed by atoms with E-state index >= 15 is 0 Å². The molecule has 0 amide bonds. The average molecular weight is 364 g/mol. The number of hydrogen-bond donors (Lipinski definition) is 0. The van der Waals surface area contributed by atoms with E-state index in [2.05, 4.69) is 0 Å². The van der Waals surface area contributed by atoms with Crippen molar-refractivity contribution in [3.63, 3.8) is 0 Å². The Balaban J connectivity index is 2.71. The fourth-order valence-electron chi connectivity index (χ4n) is 2.94. The largest absolute Gasteiger partial charge is 0.465 e. The molecule has 27 heavy (non-hydrogen) atoms. The van der Waals surface area contributed by atoms with Crippen LogP contribution in [0.15, 0.2) is 53.9 Å². The first kappa shape index (κ1) is 19.7. The van der Waals surface area contributed by atoms with Crippen LogP contribution in [0.4, 0.5) is 5.69 Å². The van der Waals surface area contributed by atoms with Gasteiger partial charge in [-0.2, -0.15) is 5.26 Å². The van der Waals surface area contributed by atoms with Crippen molar-refractivity contribution in [3.8, 4) is 6.07 Å². The standard InChI is InChI=1S/C21H20N2O4/c1-14-12-16(8-7-10-22)13-15(2)18(14)23-11-6-5-9-17(20(24)26-3)19(23)21(25)27-4/h5-9,11-13H,1-4H3. The molecule has 0 saturated heterocycles. The Morgan fingerprint density at radius 2 is 1.70 bits per heavy atom. The van der Waals surface area contributed by atoms with Crippen LogP contribution in [0.5, 0.6) is 0 Å². The summed E-state index contributed by atoms with van der Waals surface area (Å²) in [4.78, 5) is 26.4. The summed E-state index contributed by atoms with van der Waals surface area (Å²) in [6.07, 6.45) is 9.70. The molecule has 1 aliphatic heterocycles. The second kappa shape index (κ2) is 8.68. The summed E-state index contributed by atoms with van der Waals surface area (Å²) in [5.74, 6) is -1.29. The number of hydrogen-bond acceptors (Lipinski definition) is 6. The third-order valence-electron chi connectivity index (χ3n) is 3.99. The number of allylic oxidation sites excluding steroid dienone is 3. The average Bonchev–Trinajstić information content (AvgIpc) is 2.87. The van der Waals surface area contributed by atoms with Gasteiger partial charge < -0.3 is 14.4 Å². The maximum absolute atomic E-state index is 12.5. The Hall–Kier alpha value is -3.59. The molecule has 1 heterocycles. The van der Waals surface area contributed by atoms with Crippen molar-refractivity contribution >= 4 is 23.7 Å². The van der Waals surface area contributed by atoms with Crippen LogP contribution in [-0.2, 0) is 19.1 Å². The minimum Gasteiger partial charge on any atom is -0.465 e. The number of rotatable bonds is 4. The Kier molecular flexibility index (Phi) is 6.34. The first-order valence-electron chi connectivity index (χ1n) is 8.17. The van der Waals surface area contributed by atoms with Crippen LogP contribution in [0.1, 0.15) is 16.7 Å². The van der Waals surface area contributed by atoms with E-state index in [0.717, 1.165) is 22.4 Å². The molecule has 6 heteroatoms. The highest BCUT2D eigenvalue weighted by atomic mass is 16.5. The maximum Gasteiger partial charge on any atom is 0.355 e. The molecule has 6 nitrogen and oxygen atoms in total. The zero-order valence-corrected chi connectivity index (χ0v) is 15.6. The van der Waals surface area contributed by atoms with E-state index in [0.29, 0.717) is 0 Å². The third-order valence-corrected chi connectivity index (χ3v) is 3.99.